The van der Waals surface area contributed by atoms with Crippen molar-refractivity contribution in [3.63, 3.8) is 0 Å². The summed E-state index contributed by atoms with van der Waals surface area (Å²) in [5.41, 5.74) is 2.40. The van der Waals surface area contributed by atoms with Crippen LogP contribution in [0.4, 0.5) is 17.5 Å². The highest BCUT2D eigenvalue weighted by Crippen LogP contribution is 2.20. The Hall–Kier alpha value is -2.10. The molecule has 4 nitrogen and oxygen atoms in total. The van der Waals surface area contributed by atoms with Crippen molar-refractivity contribution >= 4 is 17.5 Å². The molecule has 1 N–H and O–H groups in total. The maximum Gasteiger partial charge on any atom is 0.227 e. The van der Waals surface area contributed by atoms with Gasteiger partial charge in [-0.3, -0.25) is 0 Å². The van der Waals surface area contributed by atoms with E-state index in [0.29, 0.717) is 0 Å². The van der Waals surface area contributed by atoms with E-state index in [-0.39, 0.29) is 0 Å². The van der Waals surface area contributed by atoms with Crippen molar-refractivity contribution in [2.45, 2.75) is 33.1 Å². The zero-order chi connectivity index (χ0) is 15.1. The number of nitrogens with one attached hydrogen (secondary N) is 1. The molecule has 0 aliphatic heterocycles. The summed E-state index contributed by atoms with van der Waals surface area (Å²) in [6, 6.07) is 10.2. The van der Waals surface area contributed by atoms with Crippen LogP contribution in [0.1, 0.15) is 32.3 Å². The van der Waals surface area contributed by atoms with Gasteiger partial charge in [-0.15, -0.1) is 0 Å². The lowest BCUT2D eigenvalue weighted by molar-refractivity contribution is 0.750. The van der Waals surface area contributed by atoms with Gasteiger partial charge in [0.2, 0.25) is 5.95 Å². The second-order valence-electron chi connectivity index (χ2n) is 5.15. The number of hydrogen-bond donors (Lipinski definition) is 1. The molecule has 0 radical (unpaired) electrons. The van der Waals surface area contributed by atoms with Crippen molar-refractivity contribution in [1.29, 1.82) is 0 Å². The van der Waals surface area contributed by atoms with Crippen molar-refractivity contribution in [2.75, 3.05) is 23.8 Å². The lowest BCUT2D eigenvalue weighted by Gasteiger charge is -2.17. The minimum Gasteiger partial charge on any atom is -0.344 e. The molecule has 2 rings (SSSR count). The first kappa shape index (κ1) is 15.3. The highest BCUT2D eigenvalue weighted by atomic mass is 15.2. The van der Waals surface area contributed by atoms with Crippen LogP contribution >= 0.6 is 0 Å². The van der Waals surface area contributed by atoms with Crippen LogP contribution in [0.15, 0.2) is 36.5 Å². The van der Waals surface area contributed by atoms with Crippen LogP contribution in [0.3, 0.4) is 0 Å². The first-order valence-electron chi connectivity index (χ1n) is 7.63. The monoisotopic (exact) mass is 284 g/mol. The number of aryl methyl sites for hydroxylation is 1. The fourth-order valence-corrected chi connectivity index (χ4v) is 2.19. The first-order chi connectivity index (χ1) is 10.2. The predicted molar refractivity (Wildman–Crippen MR) is 89.3 cm³/mol. The summed E-state index contributed by atoms with van der Waals surface area (Å²) in [5, 5.41) is 3.40. The van der Waals surface area contributed by atoms with E-state index >= 15 is 0 Å². The van der Waals surface area contributed by atoms with Crippen molar-refractivity contribution < 1.29 is 0 Å². The summed E-state index contributed by atoms with van der Waals surface area (Å²) in [5.74, 6) is 1.60. The van der Waals surface area contributed by atoms with Gasteiger partial charge < -0.3 is 10.2 Å². The first-order valence-corrected chi connectivity index (χ1v) is 7.63. The summed E-state index contributed by atoms with van der Waals surface area (Å²) in [6.07, 6.45) is 5.13. The Balaban J connectivity index is 2.14. The van der Waals surface area contributed by atoms with Crippen LogP contribution < -0.4 is 10.2 Å². The van der Waals surface area contributed by atoms with Gasteiger partial charge in [-0.1, -0.05) is 38.5 Å². The Morgan fingerprint density at radius 2 is 1.95 bits per heavy atom. The van der Waals surface area contributed by atoms with Gasteiger partial charge >= 0.3 is 0 Å². The average Bonchev–Trinajstić information content (AvgIpc) is 2.53. The lowest BCUT2D eigenvalue weighted by atomic mass is 10.1. The van der Waals surface area contributed by atoms with E-state index in [1.165, 1.54) is 12.0 Å². The highest BCUT2D eigenvalue weighted by Gasteiger charge is 2.06. The Morgan fingerprint density at radius 1 is 1.14 bits per heavy atom. The van der Waals surface area contributed by atoms with E-state index in [0.717, 1.165) is 36.8 Å². The van der Waals surface area contributed by atoms with Crippen molar-refractivity contribution in [3.8, 4) is 0 Å². The minimum absolute atomic E-state index is 0.766. The van der Waals surface area contributed by atoms with E-state index in [2.05, 4.69) is 52.2 Å². The highest BCUT2D eigenvalue weighted by molar-refractivity contribution is 5.61. The molecule has 0 saturated carbocycles. The molecule has 0 spiro atoms. The third-order valence-electron chi connectivity index (χ3n) is 3.49. The van der Waals surface area contributed by atoms with Crippen LogP contribution in [-0.4, -0.2) is 23.6 Å². The Morgan fingerprint density at radius 3 is 2.71 bits per heavy atom. The summed E-state index contributed by atoms with van der Waals surface area (Å²) in [4.78, 5) is 11.0. The SMILES string of the molecule is CCCCN(C)c1nccc(Nc2ccccc2CC)n1. The van der Waals surface area contributed by atoms with E-state index in [4.69, 9.17) is 0 Å². The Labute approximate surface area is 127 Å². The maximum atomic E-state index is 4.60. The van der Waals surface area contributed by atoms with Gasteiger partial charge in [0.1, 0.15) is 5.82 Å². The number of rotatable bonds is 7. The normalized spacial score (nSPS) is 10.4. The zero-order valence-electron chi connectivity index (χ0n) is 13.1. The molecule has 0 fully saturated rings. The molecule has 0 aliphatic carbocycles. The maximum absolute atomic E-state index is 4.60. The molecule has 0 amide bonds. The minimum atomic E-state index is 0.766. The molecule has 2 aromatic rings. The van der Waals surface area contributed by atoms with Crippen molar-refractivity contribution in [3.05, 3.63) is 42.1 Å². The van der Waals surface area contributed by atoms with Crippen LogP contribution in [0.5, 0.6) is 0 Å². The molecular weight excluding hydrogens is 260 g/mol. The molecule has 21 heavy (non-hydrogen) atoms. The molecule has 0 atom stereocenters. The lowest BCUT2D eigenvalue weighted by Crippen LogP contribution is -2.21. The number of nitrogens with zero attached hydrogens (tertiary/aromatic N) is 3. The zero-order valence-corrected chi connectivity index (χ0v) is 13.1. The second kappa shape index (κ2) is 7.62. The molecular formula is C17H24N4. The largest absolute Gasteiger partial charge is 0.344 e. The third-order valence-corrected chi connectivity index (χ3v) is 3.49. The van der Waals surface area contributed by atoms with Crippen molar-refractivity contribution in [2.24, 2.45) is 0 Å². The van der Waals surface area contributed by atoms with Gasteiger partial charge in [0.25, 0.3) is 0 Å². The summed E-state index contributed by atoms with van der Waals surface area (Å²) in [6.45, 7) is 5.32. The molecule has 0 bridgehead atoms. The van der Waals surface area contributed by atoms with Crippen LogP contribution in [0, 0.1) is 0 Å². The van der Waals surface area contributed by atoms with Crippen LogP contribution in [0.2, 0.25) is 0 Å². The number of hydrogen-bond acceptors (Lipinski definition) is 4. The molecule has 0 saturated heterocycles. The summed E-state index contributed by atoms with van der Waals surface area (Å²) >= 11 is 0. The Kier molecular flexibility index (Phi) is 5.55. The molecule has 1 heterocycles. The number of benzene rings is 1. The molecule has 0 unspecified atom stereocenters. The fraction of sp³-hybridized carbons (Fsp3) is 0.412. The number of aromatic nitrogens is 2. The fourth-order valence-electron chi connectivity index (χ4n) is 2.19. The van der Waals surface area contributed by atoms with E-state index in [1.807, 2.05) is 25.4 Å². The standard InChI is InChI=1S/C17H24N4/c1-4-6-13-21(3)17-18-12-11-16(20-17)19-15-10-8-7-9-14(15)5-2/h7-12H,4-6,13H2,1-3H3,(H,18,19,20). The van der Waals surface area contributed by atoms with Crippen LogP contribution in [-0.2, 0) is 6.42 Å². The third kappa shape index (κ3) is 4.18. The van der Waals surface area contributed by atoms with Gasteiger partial charge in [-0.05, 0) is 30.5 Å². The summed E-state index contributed by atoms with van der Waals surface area (Å²) < 4.78 is 0. The second-order valence-corrected chi connectivity index (χ2v) is 5.15. The molecule has 0 aliphatic rings. The average molecular weight is 284 g/mol. The molecule has 1 aromatic heterocycles. The number of para-hydroxylation sites is 1. The van der Waals surface area contributed by atoms with Crippen molar-refractivity contribution in [1.82, 2.24) is 9.97 Å². The van der Waals surface area contributed by atoms with Gasteiger partial charge in [0, 0.05) is 25.5 Å². The summed E-state index contributed by atoms with van der Waals surface area (Å²) in [7, 11) is 2.04. The van der Waals surface area contributed by atoms with Gasteiger partial charge in [-0.25, -0.2) is 4.98 Å². The van der Waals surface area contributed by atoms with Gasteiger partial charge in [0.15, 0.2) is 0 Å². The van der Waals surface area contributed by atoms with E-state index in [1.54, 1.807) is 0 Å². The van der Waals surface area contributed by atoms with E-state index < -0.39 is 0 Å². The van der Waals surface area contributed by atoms with E-state index in [9.17, 15) is 0 Å². The predicted octanol–water partition coefficient (Wildman–Crippen LogP) is 4.02. The van der Waals surface area contributed by atoms with Gasteiger partial charge in [0.05, 0.1) is 0 Å². The quantitative estimate of drug-likeness (QED) is 0.833. The molecule has 1 aromatic carbocycles. The van der Waals surface area contributed by atoms with Crippen LogP contribution in [0.25, 0.3) is 0 Å². The molecule has 112 valence electrons. The Bertz CT molecular complexity index is 568. The topological polar surface area (TPSA) is 41.1 Å². The smallest absolute Gasteiger partial charge is 0.227 e. The number of unbranched alkanes of at least 4 members (excludes halogenated alkanes) is 1. The molecule has 4 heteroatoms. The number of anilines is 3. The van der Waals surface area contributed by atoms with Gasteiger partial charge in [-0.2, -0.15) is 4.98 Å².